The molecule has 0 saturated carbocycles. The van der Waals surface area contributed by atoms with E-state index in [4.69, 9.17) is 0 Å². The van der Waals surface area contributed by atoms with Crippen molar-refractivity contribution in [3.63, 3.8) is 0 Å². The van der Waals surface area contributed by atoms with Crippen LogP contribution in [0.5, 0.6) is 11.5 Å². The molecule has 4 heterocycles. The molecule has 5 N–H and O–H groups in total. The number of amides is 8. The number of hydrogen-bond acceptors (Lipinski definition) is 11. The molecule has 4 fully saturated rings. The summed E-state index contributed by atoms with van der Waals surface area (Å²) in [6, 6.07) is 7.64. The highest BCUT2D eigenvalue weighted by atomic mass is 32.2. The fourth-order valence-electron chi connectivity index (χ4n) is 6.09. The van der Waals surface area contributed by atoms with Gasteiger partial charge in [-0.1, -0.05) is 42.1 Å². The van der Waals surface area contributed by atoms with E-state index in [9.17, 15) is 48.9 Å². The summed E-state index contributed by atoms with van der Waals surface area (Å²) in [5.74, 6) is -5.41. The number of phenolic OH excluding ortho intramolecular Hbond substituents is 2. The predicted octanol–water partition coefficient (Wildman–Crippen LogP) is -0.508. The molecule has 4 aliphatic rings. The molecule has 8 amide bonds. The van der Waals surface area contributed by atoms with Gasteiger partial charge in [-0.05, 0) is 36.2 Å². The number of carboxylic acids is 1. The standard InChI is InChI=1S/C31H32N8O10S/c1-2-35-10-11-36(26(45)25(35)44)29(48)34-21(18-6-4-3-5-7-18)23(42)33-22-24(43)37-16-31(28(46)47,50-27(22)37)38-12-13-39(30(38)49)32-15-17-8-9-19(40)20(41)14-17/h3-9,14-15,21-22,27,40-41H,2,10-13,16H2,1H3,(H,33,42)(H,34,48)(H,46,47)/t21?,22-,27-,31-/m1/s1. The van der Waals surface area contributed by atoms with E-state index >= 15 is 0 Å². The molecule has 0 aromatic heterocycles. The third kappa shape index (κ3) is 5.88. The van der Waals surface area contributed by atoms with Gasteiger partial charge in [0.1, 0.15) is 17.5 Å². The number of aromatic hydroxyl groups is 2. The van der Waals surface area contributed by atoms with Crippen molar-refractivity contribution in [2.75, 3.05) is 39.3 Å². The van der Waals surface area contributed by atoms with E-state index in [1.807, 2.05) is 0 Å². The number of β-lactam (4-membered cyclic amide) rings is 1. The maximum absolute atomic E-state index is 13.7. The average molecular weight is 709 g/mol. The Morgan fingerprint density at radius 3 is 2.42 bits per heavy atom. The molecule has 6 rings (SSSR count). The molecule has 0 bridgehead atoms. The zero-order valence-corrected chi connectivity index (χ0v) is 27.3. The number of carboxylic acid groups (broad SMARTS) is 1. The van der Waals surface area contributed by atoms with Gasteiger partial charge in [0.05, 0.1) is 19.3 Å². The number of likely N-dealkylation sites (N-methyl/N-ethyl adjacent to an activating group) is 1. The minimum atomic E-state index is -1.90. The van der Waals surface area contributed by atoms with Gasteiger partial charge in [-0.2, -0.15) is 5.10 Å². The molecule has 0 aliphatic carbocycles. The second kappa shape index (κ2) is 13.2. The SMILES string of the molecule is CCN1CCN(C(=O)NC(C(=O)N[C@@H]2C(=O)N3C[C@@](C(=O)O)(N4CCN(N=Cc5ccc(O)c(O)c5)C4=O)S[C@H]23)c2ccccc2)C(=O)C1=O. The molecule has 262 valence electrons. The van der Waals surface area contributed by atoms with E-state index in [1.165, 1.54) is 34.2 Å². The van der Waals surface area contributed by atoms with Gasteiger partial charge in [0.25, 0.3) is 0 Å². The van der Waals surface area contributed by atoms with Crippen molar-refractivity contribution in [3.8, 4) is 11.5 Å². The number of nitrogens with one attached hydrogen (secondary N) is 2. The normalized spacial score (nSPS) is 24.1. The summed E-state index contributed by atoms with van der Waals surface area (Å²) < 4.78 is 0. The van der Waals surface area contributed by atoms with Crippen LogP contribution in [0, 0.1) is 0 Å². The van der Waals surface area contributed by atoms with E-state index in [-0.39, 0.29) is 50.8 Å². The first-order valence-corrected chi connectivity index (χ1v) is 16.4. The second-order valence-electron chi connectivity index (χ2n) is 11.7. The van der Waals surface area contributed by atoms with Gasteiger partial charge < -0.3 is 35.8 Å². The van der Waals surface area contributed by atoms with Crippen LogP contribution in [0.15, 0.2) is 53.6 Å². The molecule has 50 heavy (non-hydrogen) atoms. The van der Waals surface area contributed by atoms with Crippen molar-refractivity contribution in [2.45, 2.75) is 29.3 Å². The molecule has 1 unspecified atom stereocenters. The Labute approximate surface area is 288 Å². The summed E-state index contributed by atoms with van der Waals surface area (Å²) in [5, 5.41) is 39.0. The number of hydrogen-bond donors (Lipinski definition) is 5. The van der Waals surface area contributed by atoms with Crippen LogP contribution in [0.25, 0.3) is 0 Å². The number of rotatable bonds is 9. The van der Waals surface area contributed by atoms with Gasteiger partial charge in [-0.3, -0.25) is 29.0 Å². The number of urea groups is 2. The quantitative estimate of drug-likeness (QED) is 0.0964. The Bertz CT molecular complexity index is 1810. The van der Waals surface area contributed by atoms with Crippen molar-refractivity contribution in [2.24, 2.45) is 5.10 Å². The Balaban J connectivity index is 1.16. The molecule has 0 spiro atoms. The highest BCUT2D eigenvalue weighted by Crippen LogP contribution is 2.49. The molecule has 2 aromatic carbocycles. The van der Waals surface area contributed by atoms with Crippen LogP contribution in [0.3, 0.4) is 0 Å². The van der Waals surface area contributed by atoms with Gasteiger partial charge in [-0.15, -0.1) is 0 Å². The van der Waals surface area contributed by atoms with Gasteiger partial charge in [-0.25, -0.2) is 19.4 Å². The zero-order chi connectivity index (χ0) is 35.9. The van der Waals surface area contributed by atoms with E-state index in [0.717, 1.165) is 26.6 Å². The Morgan fingerprint density at radius 2 is 1.74 bits per heavy atom. The molecule has 2 aromatic rings. The van der Waals surface area contributed by atoms with Crippen LogP contribution in [0.4, 0.5) is 9.59 Å². The summed E-state index contributed by atoms with van der Waals surface area (Å²) in [6.45, 7) is 1.64. The van der Waals surface area contributed by atoms with Crippen LogP contribution in [-0.4, -0.2) is 143 Å². The number of aliphatic carboxylic acids is 1. The highest BCUT2D eigenvalue weighted by Gasteiger charge is 2.66. The number of phenols is 2. The van der Waals surface area contributed by atoms with Gasteiger partial charge in [0, 0.05) is 26.2 Å². The first-order valence-electron chi connectivity index (χ1n) is 15.5. The third-order valence-corrected chi connectivity index (χ3v) is 10.5. The fourth-order valence-corrected chi connectivity index (χ4v) is 7.72. The van der Waals surface area contributed by atoms with E-state index in [1.54, 1.807) is 37.3 Å². The Hall–Kier alpha value is -5.85. The van der Waals surface area contributed by atoms with Gasteiger partial charge >= 0.3 is 29.8 Å². The van der Waals surface area contributed by atoms with E-state index in [0.29, 0.717) is 11.1 Å². The third-order valence-electron chi connectivity index (χ3n) is 8.84. The van der Waals surface area contributed by atoms with Crippen molar-refractivity contribution in [1.29, 1.82) is 0 Å². The smallest absolute Gasteiger partial charge is 0.342 e. The zero-order valence-electron chi connectivity index (χ0n) is 26.5. The number of imide groups is 1. The van der Waals surface area contributed by atoms with Crippen LogP contribution >= 0.6 is 11.8 Å². The van der Waals surface area contributed by atoms with Gasteiger partial charge in [0.2, 0.25) is 16.7 Å². The monoisotopic (exact) mass is 708 g/mol. The maximum atomic E-state index is 13.7. The second-order valence-corrected chi connectivity index (χ2v) is 13.1. The Kier molecular flexibility index (Phi) is 9.00. The fraction of sp³-hybridized carbons (Fsp3) is 0.355. The largest absolute Gasteiger partial charge is 0.504 e. The topological polar surface area (TPSA) is 233 Å². The Morgan fingerprint density at radius 1 is 1.00 bits per heavy atom. The number of nitrogens with zero attached hydrogens (tertiary/aromatic N) is 6. The summed E-state index contributed by atoms with van der Waals surface area (Å²) in [7, 11) is 0. The number of fused-ring (bicyclic) bond motifs is 1. The van der Waals surface area contributed by atoms with E-state index < -0.39 is 64.0 Å². The first-order chi connectivity index (χ1) is 23.9. The molecule has 19 heteroatoms. The maximum Gasteiger partial charge on any atom is 0.342 e. The predicted molar refractivity (Wildman–Crippen MR) is 173 cm³/mol. The number of piperazine rings is 1. The summed E-state index contributed by atoms with van der Waals surface area (Å²) in [5.41, 5.74) is 0.685. The summed E-state index contributed by atoms with van der Waals surface area (Å²) in [6.07, 6.45) is 1.26. The van der Waals surface area contributed by atoms with Crippen LogP contribution < -0.4 is 10.6 Å². The van der Waals surface area contributed by atoms with Crippen molar-refractivity contribution >= 4 is 59.6 Å². The highest BCUT2D eigenvalue weighted by molar-refractivity contribution is 8.02. The molecule has 4 aliphatic heterocycles. The van der Waals surface area contributed by atoms with Crippen molar-refractivity contribution in [1.82, 2.24) is 35.2 Å². The lowest BCUT2D eigenvalue weighted by atomic mass is 10.0. The molecule has 4 saturated heterocycles. The minimum absolute atomic E-state index is 0.0216. The van der Waals surface area contributed by atoms with Crippen molar-refractivity contribution < 1.29 is 48.9 Å². The minimum Gasteiger partial charge on any atom is -0.504 e. The average Bonchev–Trinajstić information content (AvgIpc) is 3.66. The number of benzene rings is 2. The van der Waals surface area contributed by atoms with Crippen LogP contribution in [0.2, 0.25) is 0 Å². The number of carbonyl (C=O) groups excluding carboxylic acids is 6. The summed E-state index contributed by atoms with van der Waals surface area (Å²) >= 11 is 0.812. The van der Waals surface area contributed by atoms with Crippen LogP contribution in [-0.2, 0) is 24.0 Å². The molecule has 18 nitrogen and oxygen atoms in total. The summed E-state index contributed by atoms with van der Waals surface area (Å²) in [4.78, 5) is 93.8. The number of carbonyl (C=O) groups is 7. The molecule has 4 atom stereocenters. The number of thioether (sulfide) groups is 1. The lowest BCUT2D eigenvalue weighted by Crippen LogP contribution is -2.68. The number of hydrazone groups is 1. The van der Waals surface area contributed by atoms with E-state index in [2.05, 4.69) is 15.7 Å². The molecule has 0 radical (unpaired) electrons. The van der Waals surface area contributed by atoms with Crippen molar-refractivity contribution in [3.05, 3.63) is 59.7 Å². The molecular formula is C31H32N8O10S. The first kappa shape index (κ1) is 34.0. The molecular weight excluding hydrogens is 676 g/mol. The van der Waals surface area contributed by atoms with Gasteiger partial charge in [0.15, 0.2) is 11.5 Å². The lowest BCUT2D eigenvalue weighted by molar-refractivity contribution is -0.153. The van der Waals surface area contributed by atoms with Crippen LogP contribution in [0.1, 0.15) is 24.1 Å². The lowest BCUT2D eigenvalue weighted by Gasteiger charge is -2.41.